The maximum atomic E-state index is 11.6. The first kappa shape index (κ1) is 11.0. The largest absolute Gasteiger partial charge is 0.445 e. The zero-order chi connectivity index (χ0) is 9.78. The minimum absolute atomic E-state index is 0.683. The molecule has 1 unspecified atom stereocenters. The average molecular weight is 184 g/mol. The van der Waals surface area contributed by atoms with Crippen molar-refractivity contribution in [2.75, 3.05) is 7.11 Å². The zero-order valence-corrected chi connectivity index (χ0v) is 6.13. The summed E-state index contributed by atoms with van der Waals surface area (Å²) in [5.41, 5.74) is 0. The topological polar surface area (TPSA) is 46.5 Å². The molecule has 0 saturated heterocycles. The molecule has 0 radical (unpaired) electrons. The van der Waals surface area contributed by atoms with Gasteiger partial charge in [-0.1, -0.05) is 0 Å². The van der Waals surface area contributed by atoms with Crippen LogP contribution in [-0.2, 0) is 9.53 Å². The molecule has 3 nitrogen and oxygen atoms in total. The van der Waals surface area contributed by atoms with Gasteiger partial charge in [-0.25, -0.2) is 4.79 Å². The first-order valence-electron chi connectivity index (χ1n) is 2.90. The lowest BCUT2D eigenvalue weighted by molar-refractivity contribution is -0.201. The van der Waals surface area contributed by atoms with Gasteiger partial charge < -0.3 is 9.84 Å². The van der Waals surface area contributed by atoms with Crippen LogP contribution in [-0.4, -0.2) is 30.5 Å². The Morgan fingerprint density at radius 1 is 1.50 bits per heavy atom. The number of aliphatic hydroxyl groups excluding tert-OH is 1. The van der Waals surface area contributed by atoms with Gasteiger partial charge in [-0.05, 0) is 6.08 Å². The van der Waals surface area contributed by atoms with E-state index >= 15 is 0 Å². The molecule has 6 heteroatoms. The van der Waals surface area contributed by atoms with Crippen molar-refractivity contribution in [1.82, 2.24) is 0 Å². The Kier molecular flexibility index (Phi) is 3.75. The molecule has 0 bridgehead atoms. The Hall–Kier alpha value is -1.04. The van der Waals surface area contributed by atoms with Crippen LogP contribution in [0.15, 0.2) is 12.2 Å². The maximum Gasteiger partial charge on any atom is 0.429 e. The van der Waals surface area contributed by atoms with E-state index in [1.807, 2.05) is 0 Å². The number of rotatable bonds is 0. The van der Waals surface area contributed by atoms with E-state index in [1.165, 1.54) is 0 Å². The van der Waals surface area contributed by atoms with E-state index in [-0.39, 0.29) is 0 Å². The molecule has 0 amide bonds. The van der Waals surface area contributed by atoms with Crippen molar-refractivity contribution < 1.29 is 27.8 Å². The summed E-state index contributed by atoms with van der Waals surface area (Å²) in [5, 5.41) is 7.00. The number of halogens is 3. The van der Waals surface area contributed by atoms with Gasteiger partial charge in [-0.2, -0.15) is 13.2 Å². The number of aliphatic hydroxyl groups is 1. The molecule has 1 rings (SSSR count). The van der Waals surface area contributed by atoms with Crippen LogP contribution >= 0.6 is 0 Å². The SMILES string of the molecule is CO.O=C1C=CC(C(F)(F)F)O1. The van der Waals surface area contributed by atoms with Gasteiger partial charge in [0.25, 0.3) is 0 Å². The van der Waals surface area contributed by atoms with Crippen LogP contribution in [0.2, 0.25) is 0 Å². The van der Waals surface area contributed by atoms with Crippen LogP contribution in [0, 0.1) is 0 Å². The van der Waals surface area contributed by atoms with E-state index < -0.39 is 18.2 Å². The number of hydrogen-bond acceptors (Lipinski definition) is 3. The minimum atomic E-state index is -4.47. The van der Waals surface area contributed by atoms with Crippen LogP contribution in [0.1, 0.15) is 0 Å². The Balaban J connectivity index is 0.000000561. The first-order chi connectivity index (χ1) is 5.50. The fourth-order valence-electron chi connectivity index (χ4n) is 0.546. The number of cyclic esters (lactones) is 1. The molecule has 1 aliphatic heterocycles. The van der Waals surface area contributed by atoms with Gasteiger partial charge in [-0.15, -0.1) is 0 Å². The Bertz CT molecular complexity index is 185. The summed E-state index contributed by atoms with van der Waals surface area (Å²) in [7, 11) is 1.00. The van der Waals surface area contributed by atoms with Gasteiger partial charge in [0.15, 0.2) is 0 Å². The van der Waals surface area contributed by atoms with E-state index in [9.17, 15) is 18.0 Å². The van der Waals surface area contributed by atoms with E-state index in [2.05, 4.69) is 4.74 Å². The van der Waals surface area contributed by atoms with E-state index in [0.29, 0.717) is 6.08 Å². The van der Waals surface area contributed by atoms with Crippen molar-refractivity contribution in [3.8, 4) is 0 Å². The van der Waals surface area contributed by atoms with E-state index in [1.54, 1.807) is 0 Å². The summed E-state index contributed by atoms with van der Waals surface area (Å²) >= 11 is 0. The molecular weight excluding hydrogens is 177 g/mol. The second kappa shape index (κ2) is 4.10. The summed E-state index contributed by atoms with van der Waals surface area (Å²) in [6.45, 7) is 0. The lowest BCUT2D eigenvalue weighted by atomic mass is 10.3. The predicted molar refractivity (Wildman–Crippen MR) is 33.2 cm³/mol. The van der Waals surface area contributed by atoms with Crippen LogP contribution in [0.5, 0.6) is 0 Å². The van der Waals surface area contributed by atoms with Gasteiger partial charge in [0.1, 0.15) is 0 Å². The second-order valence-corrected chi connectivity index (χ2v) is 1.76. The van der Waals surface area contributed by atoms with Crippen LogP contribution in [0.4, 0.5) is 13.2 Å². The summed E-state index contributed by atoms with van der Waals surface area (Å²) < 4.78 is 38.7. The second-order valence-electron chi connectivity index (χ2n) is 1.76. The van der Waals surface area contributed by atoms with Gasteiger partial charge >= 0.3 is 12.1 Å². The molecule has 0 aromatic rings. The third-order valence-electron chi connectivity index (χ3n) is 0.973. The van der Waals surface area contributed by atoms with Crippen molar-refractivity contribution in [2.45, 2.75) is 12.3 Å². The molecule has 0 fully saturated rings. The van der Waals surface area contributed by atoms with Gasteiger partial charge in [0, 0.05) is 13.2 Å². The van der Waals surface area contributed by atoms with Crippen LogP contribution in [0.25, 0.3) is 0 Å². The summed E-state index contributed by atoms with van der Waals surface area (Å²) in [6, 6.07) is 0. The molecule has 1 heterocycles. The summed E-state index contributed by atoms with van der Waals surface area (Å²) in [6.07, 6.45) is -5.07. The standard InChI is InChI=1S/C5H3F3O2.CH4O/c6-5(7,8)3-1-2-4(9)10-3;1-2/h1-3H;2H,1H3. The van der Waals surface area contributed by atoms with Gasteiger partial charge in [0.2, 0.25) is 6.10 Å². The molecule has 1 N–H and O–H groups in total. The fourth-order valence-corrected chi connectivity index (χ4v) is 0.546. The molecular formula is C6H7F3O3. The molecule has 0 aromatic heterocycles. The lowest BCUT2D eigenvalue weighted by Crippen LogP contribution is -2.27. The monoisotopic (exact) mass is 184 g/mol. The normalized spacial score (nSPS) is 21.4. The Morgan fingerprint density at radius 3 is 2.17 bits per heavy atom. The molecule has 0 aliphatic carbocycles. The number of esters is 1. The van der Waals surface area contributed by atoms with Gasteiger partial charge in [0.05, 0.1) is 0 Å². The van der Waals surface area contributed by atoms with E-state index in [4.69, 9.17) is 5.11 Å². The smallest absolute Gasteiger partial charge is 0.429 e. The lowest BCUT2D eigenvalue weighted by Gasteiger charge is -2.11. The Morgan fingerprint density at radius 2 is 2.00 bits per heavy atom. The number of hydrogen-bond donors (Lipinski definition) is 1. The fraction of sp³-hybridized carbons (Fsp3) is 0.500. The number of carbonyl (C=O) groups is 1. The van der Waals surface area contributed by atoms with E-state index in [0.717, 1.165) is 13.2 Å². The summed E-state index contributed by atoms with van der Waals surface area (Å²) in [4.78, 5) is 10.1. The van der Waals surface area contributed by atoms with Crippen molar-refractivity contribution in [1.29, 1.82) is 0 Å². The van der Waals surface area contributed by atoms with Crippen molar-refractivity contribution >= 4 is 5.97 Å². The molecule has 1 atom stereocenters. The number of carbonyl (C=O) groups excluding carboxylic acids is 1. The molecule has 0 aromatic carbocycles. The highest BCUT2D eigenvalue weighted by atomic mass is 19.4. The number of alkyl halides is 3. The van der Waals surface area contributed by atoms with Crippen molar-refractivity contribution in [2.24, 2.45) is 0 Å². The molecule has 0 spiro atoms. The highest BCUT2D eigenvalue weighted by Crippen LogP contribution is 2.26. The molecule has 12 heavy (non-hydrogen) atoms. The predicted octanol–water partition coefficient (Wildman–Crippen LogP) is 0.639. The summed E-state index contributed by atoms with van der Waals surface area (Å²) in [5.74, 6) is -0.942. The van der Waals surface area contributed by atoms with Crippen molar-refractivity contribution in [3.05, 3.63) is 12.2 Å². The van der Waals surface area contributed by atoms with Crippen molar-refractivity contribution in [3.63, 3.8) is 0 Å². The Labute approximate surface area is 66.4 Å². The number of ether oxygens (including phenoxy) is 1. The zero-order valence-electron chi connectivity index (χ0n) is 6.13. The van der Waals surface area contributed by atoms with Crippen LogP contribution < -0.4 is 0 Å². The highest BCUT2D eigenvalue weighted by molar-refractivity contribution is 5.84. The molecule has 0 saturated carbocycles. The third-order valence-corrected chi connectivity index (χ3v) is 0.973. The minimum Gasteiger partial charge on any atom is -0.445 e. The average Bonchev–Trinajstić information content (AvgIpc) is 2.39. The first-order valence-corrected chi connectivity index (χ1v) is 2.90. The van der Waals surface area contributed by atoms with Crippen LogP contribution in [0.3, 0.4) is 0 Å². The highest BCUT2D eigenvalue weighted by Gasteiger charge is 2.43. The molecule has 70 valence electrons. The maximum absolute atomic E-state index is 11.6. The third kappa shape index (κ3) is 2.91. The van der Waals surface area contributed by atoms with Gasteiger partial charge in [-0.3, -0.25) is 0 Å². The quantitative estimate of drug-likeness (QED) is 0.562. The molecule has 1 aliphatic rings.